The predicted molar refractivity (Wildman–Crippen MR) is 130 cm³/mol. The summed E-state index contributed by atoms with van der Waals surface area (Å²) >= 11 is 0. The Morgan fingerprint density at radius 2 is 1.86 bits per heavy atom. The highest BCUT2D eigenvalue weighted by Crippen LogP contribution is 2.31. The molecule has 9 heteroatoms. The topological polar surface area (TPSA) is 88.3 Å². The van der Waals surface area contributed by atoms with Crippen molar-refractivity contribution in [2.24, 2.45) is 5.92 Å². The van der Waals surface area contributed by atoms with Crippen molar-refractivity contribution in [2.45, 2.75) is 52.1 Å². The molecule has 0 saturated carbocycles. The summed E-state index contributed by atoms with van der Waals surface area (Å²) in [6, 6.07) is 8.29. The van der Waals surface area contributed by atoms with Crippen LogP contribution in [0.15, 0.2) is 36.5 Å². The molecule has 0 unspecified atom stereocenters. The van der Waals surface area contributed by atoms with E-state index in [4.69, 9.17) is 9.47 Å². The second kappa shape index (κ2) is 10.4. The summed E-state index contributed by atoms with van der Waals surface area (Å²) in [5, 5.41) is 9.18. The first kappa shape index (κ1) is 25.3. The van der Waals surface area contributed by atoms with E-state index in [-0.39, 0.29) is 11.8 Å². The normalized spacial score (nSPS) is 14.5. The molecule has 4 rings (SSSR count). The van der Waals surface area contributed by atoms with E-state index in [0.29, 0.717) is 30.0 Å². The summed E-state index contributed by atoms with van der Waals surface area (Å²) in [5.74, 6) is -1.45. The average molecular weight is 495 g/mol. The monoisotopic (exact) mass is 494 g/mol. The summed E-state index contributed by atoms with van der Waals surface area (Å²) in [5.41, 5.74) is 1.01. The lowest BCUT2D eigenvalue weighted by molar-refractivity contribution is 0.0181. The molecule has 1 aromatic heterocycles. The molecule has 0 bridgehead atoms. The second-order valence-electron chi connectivity index (χ2n) is 9.91. The maximum absolute atomic E-state index is 14.2. The Labute approximate surface area is 208 Å². The molecule has 2 heterocycles. The maximum Gasteiger partial charge on any atom is 0.410 e. The van der Waals surface area contributed by atoms with Crippen LogP contribution in [0.4, 0.5) is 13.6 Å². The number of likely N-dealkylation sites (tertiary alicyclic amines) is 1. The Hall–Kier alpha value is -3.80. The molecule has 0 radical (unpaired) electrons. The van der Waals surface area contributed by atoms with E-state index in [0.717, 1.165) is 43.5 Å². The molecule has 1 saturated heterocycles. The second-order valence-corrected chi connectivity index (χ2v) is 9.91. The zero-order valence-corrected chi connectivity index (χ0v) is 20.6. The number of nitrogens with zero attached hydrogens (tertiary/aromatic N) is 4. The van der Waals surface area contributed by atoms with Crippen molar-refractivity contribution in [1.82, 2.24) is 14.9 Å². The van der Waals surface area contributed by atoms with Crippen LogP contribution in [0.5, 0.6) is 11.5 Å². The van der Waals surface area contributed by atoms with Crippen molar-refractivity contribution in [3.63, 3.8) is 0 Å². The highest BCUT2D eigenvalue weighted by molar-refractivity contribution is 5.76. The lowest BCUT2D eigenvalue weighted by Crippen LogP contribution is -2.41. The molecule has 7 nitrogen and oxygen atoms in total. The van der Waals surface area contributed by atoms with Crippen molar-refractivity contribution >= 4 is 17.1 Å². The van der Waals surface area contributed by atoms with E-state index in [2.05, 4.69) is 9.97 Å². The van der Waals surface area contributed by atoms with E-state index < -0.39 is 28.5 Å². The van der Waals surface area contributed by atoms with E-state index >= 15 is 0 Å². The number of carbonyl (C=O) groups is 1. The SMILES string of the molecule is CC(C)(C)OC(=O)N1CCC(CCc2cnc3ccc(Oc4c(F)ccc(F)c4C#N)cc3n2)CC1. The molecule has 2 aromatic carbocycles. The Morgan fingerprint density at radius 3 is 2.56 bits per heavy atom. The van der Waals surface area contributed by atoms with Gasteiger partial charge in [-0.15, -0.1) is 0 Å². The van der Waals surface area contributed by atoms with Gasteiger partial charge in [0, 0.05) is 25.4 Å². The highest BCUT2D eigenvalue weighted by atomic mass is 19.1. The Kier molecular flexibility index (Phi) is 7.34. The van der Waals surface area contributed by atoms with Gasteiger partial charge in [-0.2, -0.15) is 5.26 Å². The molecule has 0 N–H and O–H groups in total. The number of rotatable bonds is 5. The molecule has 0 aliphatic carbocycles. The van der Waals surface area contributed by atoms with Crippen LogP contribution in [0, 0.1) is 28.9 Å². The molecule has 1 amide bonds. The minimum absolute atomic E-state index is 0.226. The number of piperidine rings is 1. The number of halogens is 2. The smallest absolute Gasteiger partial charge is 0.410 e. The third-order valence-electron chi connectivity index (χ3n) is 6.03. The predicted octanol–water partition coefficient (Wildman–Crippen LogP) is 6.15. The highest BCUT2D eigenvalue weighted by Gasteiger charge is 2.26. The minimum Gasteiger partial charge on any atom is -0.453 e. The first-order valence-electron chi connectivity index (χ1n) is 11.9. The Balaban J connectivity index is 1.39. The number of amides is 1. The summed E-state index contributed by atoms with van der Waals surface area (Å²) in [4.78, 5) is 23.1. The standard InChI is InChI=1S/C27H28F2N4O3/c1-27(2,3)36-26(34)33-12-10-17(11-13-33)4-5-18-16-31-23-9-6-19(14-24(23)32-18)35-25-20(15-30)21(28)7-8-22(25)29/h6-9,14,16-17H,4-5,10-13H2,1-3H3. The van der Waals surface area contributed by atoms with Crippen molar-refractivity contribution < 1.29 is 23.0 Å². The lowest BCUT2D eigenvalue weighted by Gasteiger charge is -2.33. The van der Waals surface area contributed by atoms with Gasteiger partial charge in [-0.25, -0.2) is 18.6 Å². The summed E-state index contributed by atoms with van der Waals surface area (Å²) in [6.07, 6.45) is 4.91. The molecular weight excluding hydrogens is 466 g/mol. The molecule has 1 fully saturated rings. The van der Waals surface area contributed by atoms with Gasteiger partial charge in [0.1, 0.15) is 28.8 Å². The molecule has 3 aromatic rings. The van der Waals surface area contributed by atoms with Crippen LogP contribution in [0.2, 0.25) is 0 Å². The van der Waals surface area contributed by atoms with Crippen LogP contribution >= 0.6 is 0 Å². The first-order chi connectivity index (χ1) is 17.1. The first-order valence-corrected chi connectivity index (χ1v) is 11.9. The van der Waals surface area contributed by atoms with Gasteiger partial charge in [0.05, 0.1) is 16.7 Å². The van der Waals surface area contributed by atoms with Crippen LogP contribution in [0.25, 0.3) is 11.0 Å². The summed E-state index contributed by atoms with van der Waals surface area (Å²) in [7, 11) is 0. The number of hydrogen-bond acceptors (Lipinski definition) is 6. The van der Waals surface area contributed by atoms with Gasteiger partial charge in [-0.1, -0.05) is 0 Å². The van der Waals surface area contributed by atoms with Gasteiger partial charge in [0.2, 0.25) is 0 Å². The van der Waals surface area contributed by atoms with E-state index in [9.17, 15) is 18.8 Å². The van der Waals surface area contributed by atoms with Crippen molar-refractivity contribution in [3.8, 4) is 17.6 Å². The van der Waals surface area contributed by atoms with Gasteiger partial charge in [0.15, 0.2) is 11.6 Å². The number of aryl methyl sites for hydroxylation is 1. The van der Waals surface area contributed by atoms with E-state index in [1.165, 1.54) is 0 Å². The van der Waals surface area contributed by atoms with Crippen molar-refractivity contribution in [2.75, 3.05) is 13.1 Å². The average Bonchev–Trinajstić information content (AvgIpc) is 2.84. The zero-order valence-electron chi connectivity index (χ0n) is 20.6. The third kappa shape index (κ3) is 6.06. The van der Waals surface area contributed by atoms with Gasteiger partial charge in [0.25, 0.3) is 0 Å². The van der Waals surface area contributed by atoms with Crippen molar-refractivity contribution in [3.05, 3.63) is 59.4 Å². The number of carbonyl (C=O) groups excluding carboxylic acids is 1. The molecule has 1 aliphatic rings. The fraction of sp³-hybridized carbons (Fsp3) is 0.407. The fourth-order valence-corrected chi connectivity index (χ4v) is 4.15. The molecule has 36 heavy (non-hydrogen) atoms. The molecule has 0 atom stereocenters. The van der Waals surface area contributed by atoms with Crippen LogP contribution in [-0.2, 0) is 11.2 Å². The maximum atomic E-state index is 14.2. The lowest BCUT2D eigenvalue weighted by atomic mass is 9.92. The van der Waals surface area contributed by atoms with E-state index in [1.807, 2.05) is 20.8 Å². The number of ether oxygens (including phenoxy) is 2. The zero-order chi connectivity index (χ0) is 25.9. The summed E-state index contributed by atoms with van der Waals surface area (Å²) < 4.78 is 39.1. The van der Waals surface area contributed by atoms with Crippen LogP contribution < -0.4 is 4.74 Å². The molecular formula is C27H28F2N4O3. The van der Waals surface area contributed by atoms with Crippen LogP contribution in [0.3, 0.4) is 0 Å². The third-order valence-corrected chi connectivity index (χ3v) is 6.03. The minimum atomic E-state index is -0.853. The number of aromatic nitrogens is 2. The van der Waals surface area contributed by atoms with Gasteiger partial charge in [-0.3, -0.25) is 4.98 Å². The van der Waals surface area contributed by atoms with Gasteiger partial charge in [-0.05, 0) is 76.6 Å². The quantitative estimate of drug-likeness (QED) is 0.423. The number of hydrogen-bond donors (Lipinski definition) is 0. The van der Waals surface area contributed by atoms with Crippen molar-refractivity contribution in [1.29, 1.82) is 5.26 Å². The summed E-state index contributed by atoms with van der Waals surface area (Å²) in [6.45, 7) is 6.93. The number of fused-ring (bicyclic) bond motifs is 1. The number of nitriles is 1. The van der Waals surface area contributed by atoms with Gasteiger partial charge < -0.3 is 14.4 Å². The van der Waals surface area contributed by atoms with Gasteiger partial charge >= 0.3 is 6.09 Å². The molecule has 1 aliphatic heterocycles. The number of benzene rings is 2. The van der Waals surface area contributed by atoms with E-state index in [1.54, 1.807) is 35.4 Å². The Morgan fingerprint density at radius 1 is 1.14 bits per heavy atom. The Bertz CT molecular complexity index is 1310. The molecule has 188 valence electrons. The van der Waals surface area contributed by atoms with Crippen LogP contribution in [0.1, 0.15) is 51.3 Å². The largest absolute Gasteiger partial charge is 0.453 e. The molecule has 0 spiro atoms. The van der Waals surface area contributed by atoms with Crippen LogP contribution in [-0.4, -0.2) is 39.7 Å². The fourth-order valence-electron chi connectivity index (χ4n) is 4.15.